The molecule has 2 aromatic carbocycles. The first-order valence-corrected chi connectivity index (χ1v) is 9.27. The summed E-state index contributed by atoms with van der Waals surface area (Å²) in [4.78, 5) is 11.8. The number of amides is 1. The van der Waals surface area contributed by atoms with Gasteiger partial charge in [0.05, 0.1) is 12.7 Å². The number of benzene rings is 2. The molecule has 156 valence electrons. The number of aliphatic hydroxyl groups excluding tert-OH is 1. The van der Waals surface area contributed by atoms with Gasteiger partial charge in [-0.25, -0.2) is 0 Å². The second kappa shape index (κ2) is 8.10. The summed E-state index contributed by atoms with van der Waals surface area (Å²) in [6.07, 6.45) is -0.841. The zero-order chi connectivity index (χ0) is 21.2. The van der Waals surface area contributed by atoms with E-state index >= 15 is 0 Å². The maximum atomic E-state index is 11.8. The molecule has 0 bridgehead atoms. The molecule has 1 amide bonds. The predicted octanol–water partition coefficient (Wildman–Crippen LogP) is 0.899. The van der Waals surface area contributed by atoms with E-state index in [2.05, 4.69) is 5.32 Å². The fourth-order valence-electron chi connectivity index (χ4n) is 3.21. The minimum atomic E-state index is -2.72. The summed E-state index contributed by atoms with van der Waals surface area (Å²) in [5, 5.41) is 42.7. The van der Waals surface area contributed by atoms with Crippen molar-refractivity contribution in [2.75, 3.05) is 13.7 Å². The van der Waals surface area contributed by atoms with Crippen molar-refractivity contribution in [3.05, 3.63) is 53.6 Å². The second-order valence-corrected chi connectivity index (χ2v) is 7.10. The Balaban J connectivity index is 1.87. The van der Waals surface area contributed by atoms with Crippen molar-refractivity contribution in [2.24, 2.45) is 0 Å². The highest BCUT2D eigenvalue weighted by molar-refractivity contribution is 5.95. The quantitative estimate of drug-likeness (QED) is 0.469. The Kier molecular flexibility index (Phi) is 5.92. The summed E-state index contributed by atoms with van der Waals surface area (Å²) in [5.41, 5.74) is 2.75. The molecule has 5 N–H and O–H groups in total. The van der Waals surface area contributed by atoms with Gasteiger partial charge in [-0.1, -0.05) is 18.2 Å². The van der Waals surface area contributed by atoms with Crippen molar-refractivity contribution in [3.63, 3.8) is 0 Å². The Bertz CT molecular complexity index is 898. The predicted molar refractivity (Wildman–Crippen MR) is 104 cm³/mol. The molecule has 29 heavy (non-hydrogen) atoms. The Labute approximate surface area is 168 Å². The lowest BCUT2D eigenvalue weighted by Gasteiger charge is -2.44. The van der Waals surface area contributed by atoms with Gasteiger partial charge in [0.1, 0.15) is 5.75 Å². The molecule has 8 nitrogen and oxygen atoms in total. The van der Waals surface area contributed by atoms with Crippen LogP contribution in [0.15, 0.2) is 42.5 Å². The van der Waals surface area contributed by atoms with Gasteiger partial charge in [0.15, 0.2) is 0 Å². The van der Waals surface area contributed by atoms with Gasteiger partial charge >= 0.3 is 5.97 Å². The fourth-order valence-corrected chi connectivity index (χ4v) is 3.21. The molecule has 2 atom stereocenters. The van der Waals surface area contributed by atoms with Gasteiger partial charge in [-0.2, -0.15) is 0 Å². The van der Waals surface area contributed by atoms with E-state index in [1.807, 2.05) is 6.07 Å². The van der Waals surface area contributed by atoms with E-state index in [0.717, 1.165) is 11.1 Å². The molecule has 1 aliphatic heterocycles. The van der Waals surface area contributed by atoms with Gasteiger partial charge in [0.25, 0.3) is 11.7 Å². The van der Waals surface area contributed by atoms with Crippen LogP contribution in [0.1, 0.15) is 28.8 Å². The fraction of sp³-hybridized carbons (Fsp3) is 0.381. The van der Waals surface area contributed by atoms with Crippen LogP contribution in [0.25, 0.3) is 11.1 Å². The number of aliphatic hydroxyl groups is 4. The first-order valence-electron chi connectivity index (χ1n) is 9.27. The molecular weight excluding hydrogens is 378 g/mol. The van der Waals surface area contributed by atoms with E-state index in [-0.39, 0.29) is 31.1 Å². The number of rotatable bonds is 5. The third-order valence-corrected chi connectivity index (χ3v) is 4.96. The number of ether oxygens (including phenoxy) is 2. The molecule has 0 spiro atoms. The van der Waals surface area contributed by atoms with E-state index in [1.165, 1.54) is 0 Å². The summed E-state index contributed by atoms with van der Waals surface area (Å²) in [6.45, 7) is 1.34. The van der Waals surface area contributed by atoms with E-state index in [1.54, 1.807) is 50.4 Å². The van der Waals surface area contributed by atoms with Gasteiger partial charge in [0.2, 0.25) is 0 Å². The molecule has 0 saturated carbocycles. The summed E-state index contributed by atoms with van der Waals surface area (Å²) >= 11 is 0. The number of carbonyl (C=O) groups excluding carboxylic acids is 1. The molecule has 0 radical (unpaired) electrons. The monoisotopic (exact) mass is 403 g/mol. The highest BCUT2D eigenvalue weighted by atomic mass is 16.9. The maximum absolute atomic E-state index is 11.8. The average Bonchev–Trinajstić information content (AvgIpc) is 2.71. The third-order valence-electron chi connectivity index (χ3n) is 4.96. The van der Waals surface area contributed by atoms with Gasteiger partial charge in [-0.05, 0) is 54.3 Å². The largest absolute Gasteiger partial charge is 0.435 e. The van der Waals surface area contributed by atoms with E-state index in [0.29, 0.717) is 11.1 Å². The van der Waals surface area contributed by atoms with Gasteiger partial charge in [-0.15, -0.1) is 0 Å². The van der Waals surface area contributed by atoms with Crippen LogP contribution in [0.4, 0.5) is 0 Å². The molecule has 0 aromatic heterocycles. The molecule has 3 rings (SSSR count). The number of hydrogen-bond donors (Lipinski definition) is 5. The molecule has 1 heterocycles. The topological polar surface area (TPSA) is 128 Å². The molecular formula is C21H25NO7. The van der Waals surface area contributed by atoms with Crippen LogP contribution in [0, 0.1) is 6.92 Å². The summed E-state index contributed by atoms with van der Waals surface area (Å²) in [7, 11) is 1.56. The van der Waals surface area contributed by atoms with Crippen LogP contribution in [0.2, 0.25) is 0 Å². The highest BCUT2D eigenvalue weighted by Gasteiger charge is 2.57. The van der Waals surface area contributed by atoms with Gasteiger partial charge < -0.3 is 35.2 Å². The molecule has 2 aromatic rings. The smallest absolute Gasteiger partial charge is 0.382 e. The van der Waals surface area contributed by atoms with Gasteiger partial charge in [0, 0.05) is 19.0 Å². The van der Waals surface area contributed by atoms with Crippen molar-refractivity contribution in [1.29, 1.82) is 0 Å². The van der Waals surface area contributed by atoms with Crippen molar-refractivity contribution >= 4 is 5.91 Å². The van der Waals surface area contributed by atoms with Crippen LogP contribution in [0.5, 0.6) is 5.75 Å². The Morgan fingerprint density at radius 1 is 1.21 bits per heavy atom. The lowest BCUT2D eigenvalue weighted by Crippen LogP contribution is -2.64. The SMILES string of the molecule is CNC(=O)c1cccc(-c2ccc(OC3(O)OC(CO)CCC3(O)O)c(C)c2)c1. The first kappa shape index (κ1) is 21.2. The number of aryl methyl sites for hydroxylation is 1. The molecule has 0 aliphatic carbocycles. The highest BCUT2D eigenvalue weighted by Crippen LogP contribution is 2.37. The zero-order valence-corrected chi connectivity index (χ0v) is 16.3. The van der Waals surface area contributed by atoms with Crippen molar-refractivity contribution in [1.82, 2.24) is 5.32 Å². The molecule has 1 saturated heterocycles. The van der Waals surface area contributed by atoms with Crippen LogP contribution < -0.4 is 10.1 Å². The molecule has 1 aliphatic rings. The van der Waals surface area contributed by atoms with Crippen LogP contribution in [-0.2, 0) is 4.74 Å². The lowest BCUT2D eigenvalue weighted by atomic mass is 9.99. The average molecular weight is 403 g/mol. The zero-order valence-electron chi connectivity index (χ0n) is 16.3. The van der Waals surface area contributed by atoms with Crippen molar-refractivity contribution < 1.29 is 34.7 Å². The lowest BCUT2D eigenvalue weighted by molar-refractivity contribution is -0.474. The normalized spacial score (nSPS) is 23.4. The van der Waals surface area contributed by atoms with Crippen molar-refractivity contribution in [3.8, 4) is 16.9 Å². The van der Waals surface area contributed by atoms with Crippen LogP contribution >= 0.6 is 0 Å². The second-order valence-electron chi connectivity index (χ2n) is 7.10. The Hall–Kier alpha value is -2.49. The Morgan fingerprint density at radius 2 is 1.93 bits per heavy atom. The van der Waals surface area contributed by atoms with Crippen LogP contribution in [-0.4, -0.2) is 57.9 Å². The van der Waals surface area contributed by atoms with Crippen LogP contribution in [0.3, 0.4) is 0 Å². The van der Waals surface area contributed by atoms with E-state index < -0.39 is 17.9 Å². The number of hydrogen-bond acceptors (Lipinski definition) is 7. The summed E-state index contributed by atoms with van der Waals surface area (Å²) in [6, 6.07) is 12.2. The molecule has 8 heteroatoms. The minimum absolute atomic E-state index is 0.161. The summed E-state index contributed by atoms with van der Waals surface area (Å²) < 4.78 is 10.7. The first-order chi connectivity index (χ1) is 13.7. The van der Waals surface area contributed by atoms with Crippen molar-refractivity contribution in [2.45, 2.75) is 37.6 Å². The molecule has 1 fully saturated rings. The van der Waals surface area contributed by atoms with E-state index in [9.17, 15) is 25.2 Å². The van der Waals surface area contributed by atoms with Gasteiger partial charge in [-0.3, -0.25) is 4.79 Å². The number of carbonyl (C=O) groups is 1. The third kappa shape index (κ3) is 4.26. The standard InChI is InChI=1S/C21H25NO7/c1-13-10-15(14-4-3-5-16(11-14)19(24)22-2)6-7-18(13)29-21(27)20(25,26)9-8-17(12-23)28-21/h3-7,10-11,17,23,25-27H,8-9,12H2,1-2H3,(H,22,24). The van der Waals surface area contributed by atoms with E-state index in [4.69, 9.17) is 9.47 Å². The maximum Gasteiger partial charge on any atom is 0.382 e. The minimum Gasteiger partial charge on any atom is -0.435 e. The Morgan fingerprint density at radius 3 is 2.59 bits per heavy atom. The summed E-state index contributed by atoms with van der Waals surface area (Å²) in [5.74, 6) is -5.36. The molecule has 2 unspecified atom stereocenters. The number of nitrogens with one attached hydrogen (secondary N) is 1.